The van der Waals surface area contributed by atoms with E-state index in [9.17, 15) is 8.42 Å². The van der Waals surface area contributed by atoms with Gasteiger partial charge in [0.25, 0.3) is 10.0 Å². The molecule has 0 aromatic carbocycles. The van der Waals surface area contributed by atoms with Crippen LogP contribution in [0.15, 0.2) is 34.9 Å². The summed E-state index contributed by atoms with van der Waals surface area (Å²) in [6.07, 6.45) is 3.50. The van der Waals surface area contributed by atoms with Gasteiger partial charge in [0.1, 0.15) is 16.6 Å². The maximum Gasteiger partial charge on any atom is 0.252 e. The average molecular weight is 325 g/mol. The van der Waals surface area contributed by atoms with Crippen LogP contribution < -0.4 is 4.74 Å². The Morgan fingerprint density at radius 1 is 1.38 bits per heavy atom. The molecule has 1 aliphatic heterocycles. The molecule has 0 radical (unpaired) electrons. The monoisotopic (exact) mass is 325 g/mol. The summed E-state index contributed by atoms with van der Waals surface area (Å²) >= 11 is 1.30. The molecule has 0 saturated carbocycles. The Hall–Kier alpha value is -1.51. The lowest BCUT2D eigenvalue weighted by atomic mass is 10.3. The molecule has 1 fully saturated rings. The first-order valence-corrected chi connectivity index (χ1v) is 8.80. The SMILES string of the molecule is Cc1ccc(S(=O)(=O)N2CC[C@H](Oc3ccncn3)C2)s1. The fraction of sp³-hybridized carbons (Fsp3) is 0.385. The van der Waals surface area contributed by atoms with Crippen molar-refractivity contribution in [1.82, 2.24) is 14.3 Å². The highest BCUT2D eigenvalue weighted by Gasteiger charge is 2.34. The van der Waals surface area contributed by atoms with Crippen LogP contribution >= 0.6 is 11.3 Å². The minimum absolute atomic E-state index is 0.171. The summed E-state index contributed by atoms with van der Waals surface area (Å²) in [5.74, 6) is 0.473. The molecular weight excluding hydrogens is 310 g/mol. The number of nitrogens with zero attached hydrogens (tertiary/aromatic N) is 3. The van der Waals surface area contributed by atoms with Crippen molar-refractivity contribution in [1.29, 1.82) is 0 Å². The molecule has 1 atom stereocenters. The van der Waals surface area contributed by atoms with Gasteiger partial charge < -0.3 is 4.74 Å². The predicted octanol–water partition coefficient (Wildman–Crippen LogP) is 1.69. The highest BCUT2D eigenvalue weighted by molar-refractivity contribution is 7.91. The molecule has 2 aromatic heterocycles. The van der Waals surface area contributed by atoms with E-state index in [1.165, 1.54) is 22.0 Å². The Kier molecular flexibility index (Phi) is 3.92. The molecule has 2 aromatic rings. The van der Waals surface area contributed by atoms with Gasteiger partial charge in [-0.3, -0.25) is 0 Å². The number of aromatic nitrogens is 2. The predicted molar refractivity (Wildman–Crippen MR) is 78.9 cm³/mol. The molecule has 0 bridgehead atoms. The van der Waals surface area contributed by atoms with Crippen molar-refractivity contribution in [2.75, 3.05) is 13.1 Å². The van der Waals surface area contributed by atoms with Crippen LogP contribution in [0.5, 0.6) is 5.88 Å². The first kappa shape index (κ1) is 14.4. The third-order valence-corrected chi connectivity index (χ3v) is 6.59. The Labute approximate surface area is 127 Å². The van der Waals surface area contributed by atoms with E-state index in [0.29, 0.717) is 29.6 Å². The van der Waals surface area contributed by atoms with E-state index in [1.54, 1.807) is 18.3 Å². The quantitative estimate of drug-likeness (QED) is 0.855. The minimum atomic E-state index is -3.40. The van der Waals surface area contributed by atoms with Crippen LogP contribution in [-0.2, 0) is 10.0 Å². The number of ether oxygens (including phenoxy) is 1. The van der Waals surface area contributed by atoms with E-state index in [-0.39, 0.29) is 6.10 Å². The Morgan fingerprint density at radius 2 is 2.24 bits per heavy atom. The van der Waals surface area contributed by atoms with Gasteiger partial charge in [0, 0.05) is 23.7 Å². The Morgan fingerprint density at radius 3 is 2.90 bits per heavy atom. The molecule has 6 nitrogen and oxygen atoms in total. The van der Waals surface area contributed by atoms with Crippen molar-refractivity contribution in [2.24, 2.45) is 0 Å². The van der Waals surface area contributed by atoms with Crippen LogP contribution in [0.3, 0.4) is 0 Å². The van der Waals surface area contributed by atoms with E-state index in [4.69, 9.17) is 4.74 Å². The summed E-state index contributed by atoms with van der Waals surface area (Å²) in [5.41, 5.74) is 0. The smallest absolute Gasteiger partial charge is 0.252 e. The van der Waals surface area contributed by atoms with E-state index >= 15 is 0 Å². The third kappa shape index (κ3) is 3.07. The maximum atomic E-state index is 12.5. The molecule has 8 heteroatoms. The Bertz CT molecular complexity index is 715. The summed E-state index contributed by atoms with van der Waals surface area (Å²) in [7, 11) is -3.40. The summed E-state index contributed by atoms with van der Waals surface area (Å²) in [5, 5.41) is 0. The topological polar surface area (TPSA) is 72.4 Å². The second-order valence-electron chi connectivity index (χ2n) is 4.80. The number of aryl methyl sites for hydroxylation is 1. The first-order valence-electron chi connectivity index (χ1n) is 6.55. The lowest BCUT2D eigenvalue weighted by Crippen LogP contribution is -2.30. The summed E-state index contributed by atoms with van der Waals surface area (Å²) in [6.45, 7) is 2.72. The average Bonchev–Trinajstić information content (AvgIpc) is 3.10. The molecule has 0 aliphatic carbocycles. The molecular formula is C13H15N3O3S2. The van der Waals surface area contributed by atoms with Gasteiger partial charge in [0.05, 0.1) is 6.54 Å². The van der Waals surface area contributed by atoms with Gasteiger partial charge in [-0.25, -0.2) is 18.4 Å². The summed E-state index contributed by atoms with van der Waals surface area (Å²) in [6, 6.07) is 5.15. The zero-order chi connectivity index (χ0) is 14.9. The zero-order valence-corrected chi connectivity index (χ0v) is 13.1. The van der Waals surface area contributed by atoms with E-state index in [1.807, 2.05) is 13.0 Å². The first-order chi connectivity index (χ1) is 10.1. The van der Waals surface area contributed by atoms with Gasteiger partial charge >= 0.3 is 0 Å². The number of hydrogen-bond donors (Lipinski definition) is 0. The van der Waals surface area contributed by atoms with Crippen molar-refractivity contribution in [3.8, 4) is 5.88 Å². The van der Waals surface area contributed by atoms with Crippen LogP contribution in [0.2, 0.25) is 0 Å². The second-order valence-corrected chi connectivity index (χ2v) is 8.26. The number of thiophene rings is 1. The number of sulfonamides is 1. The van der Waals surface area contributed by atoms with Gasteiger partial charge in [0.2, 0.25) is 5.88 Å². The Balaban J connectivity index is 1.69. The van der Waals surface area contributed by atoms with Crippen molar-refractivity contribution in [2.45, 2.75) is 23.7 Å². The lowest BCUT2D eigenvalue weighted by molar-refractivity contribution is 0.206. The highest BCUT2D eigenvalue weighted by Crippen LogP contribution is 2.27. The van der Waals surface area contributed by atoms with Crippen molar-refractivity contribution < 1.29 is 13.2 Å². The molecule has 3 rings (SSSR count). The fourth-order valence-corrected chi connectivity index (χ4v) is 5.13. The minimum Gasteiger partial charge on any atom is -0.473 e. The molecule has 112 valence electrons. The van der Waals surface area contributed by atoms with E-state index in [2.05, 4.69) is 9.97 Å². The third-order valence-electron chi connectivity index (χ3n) is 3.26. The van der Waals surface area contributed by atoms with Crippen LogP contribution in [0.1, 0.15) is 11.3 Å². The summed E-state index contributed by atoms with van der Waals surface area (Å²) in [4.78, 5) is 8.80. The van der Waals surface area contributed by atoms with Gasteiger partial charge in [-0.1, -0.05) is 0 Å². The van der Waals surface area contributed by atoms with E-state index < -0.39 is 10.0 Å². The van der Waals surface area contributed by atoms with Crippen molar-refractivity contribution in [3.63, 3.8) is 0 Å². The van der Waals surface area contributed by atoms with E-state index in [0.717, 1.165) is 4.88 Å². The maximum absolute atomic E-state index is 12.5. The molecule has 1 saturated heterocycles. The number of rotatable bonds is 4. The van der Waals surface area contributed by atoms with Crippen molar-refractivity contribution in [3.05, 3.63) is 35.6 Å². The number of hydrogen-bond acceptors (Lipinski definition) is 6. The van der Waals surface area contributed by atoms with Crippen LogP contribution in [0.25, 0.3) is 0 Å². The molecule has 0 N–H and O–H groups in total. The lowest BCUT2D eigenvalue weighted by Gasteiger charge is -2.15. The standard InChI is InChI=1S/C13H15N3O3S2/c1-10-2-3-13(20-10)21(17,18)16-7-5-11(8-16)19-12-4-6-14-9-15-12/h2-4,6,9,11H,5,7-8H2,1H3/t11-/m0/s1. The van der Waals surface area contributed by atoms with Gasteiger partial charge in [-0.15, -0.1) is 11.3 Å². The molecule has 21 heavy (non-hydrogen) atoms. The molecule has 1 aliphatic rings. The van der Waals surface area contributed by atoms with Crippen molar-refractivity contribution >= 4 is 21.4 Å². The zero-order valence-electron chi connectivity index (χ0n) is 11.5. The molecule has 0 unspecified atom stereocenters. The summed E-state index contributed by atoms with van der Waals surface area (Å²) < 4.78 is 32.6. The fourth-order valence-electron chi connectivity index (χ4n) is 2.21. The van der Waals surface area contributed by atoms with Crippen LogP contribution in [0, 0.1) is 6.92 Å². The van der Waals surface area contributed by atoms with Gasteiger partial charge in [0.15, 0.2) is 0 Å². The van der Waals surface area contributed by atoms with Gasteiger partial charge in [-0.05, 0) is 25.5 Å². The second kappa shape index (κ2) is 5.70. The largest absolute Gasteiger partial charge is 0.473 e. The highest BCUT2D eigenvalue weighted by atomic mass is 32.2. The molecule has 0 spiro atoms. The normalized spacial score (nSPS) is 19.8. The van der Waals surface area contributed by atoms with Crippen LogP contribution in [0.4, 0.5) is 0 Å². The van der Waals surface area contributed by atoms with Crippen LogP contribution in [-0.4, -0.2) is 41.9 Å². The molecule has 0 amide bonds. The molecule has 3 heterocycles. The van der Waals surface area contributed by atoms with Gasteiger partial charge in [-0.2, -0.15) is 4.31 Å².